The van der Waals surface area contributed by atoms with Crippen molar-refractivity contribution in [1.29, 1.82) is 0 Å². The Morgan fingerprint density at radius 3 is 2.38 bits per heavy atom. The summed E-state index contributed by atoms with van der Waals surface area (Å²) in [6.45, 7) is 8.28. The third-order valence-corrected chi connectivity index (χ3v) is 12.9. The zero-order valence-corrected chi connectivity index (χ0v) is 25.6. The minimum atomic E-state index is -3.46. The normalized spacial score (nSPS) is 13.2. The Bertz CT molecular complexity index is 1510. The third-order valence-electron chi connectivity index (χ3n) is 7.34. The molecule has 0 aliphatic heterocycles. The highest BCUT2D eigenvalue weighted by atomic mass is 35.5. The smallest absolute Gasteiger partial charge is 0.229 e. The van der Waals surface area contributed by atoms with Crippen molar-refractivity contribution < 1.29 is 17.6 Å². The molecule has 7 nitrogen and oxygen atoms in total. The number of ether oxygens (including phenoxy) is 1. The van der Waals surface area contributed by atoms with E-state index in [-0.39, 0.29) is 6.10 Å². The molecular formula is C29H38ClN3O4SSi. The Morgan fingerprint density at radius 1 is 0.949 bits per heavy atom. The highest BCUT2D eigenvalue weighted by Gasteiger charge is 2.32. The van der Waals surface area contributed by atoms with Gasteiger partial charge in [0.25, 0.3) is 0 Å². The first kappa shape index (κ1) is 29.4. The zero-order chi connectivity index (χ0) is 28.0. The topological polar surface area (TPSA) is 92.4 Å². The number of rotatable bonds is 14. The van der Waals surface area contributed by atoms with Crippen LogP contribution in [-0.2, 0) is 14.4 Å². The number of aromatic amines is 1. The van der Waals surface area contributed by atoms with Gasteiger partial charge in [0.05, 0.1) is 28.6 Å². The number of fused-ring (bicyclic) bond motifs is 3. The fourth-order valence-corrected chi connectivity index (χ4v) is 8.56. The molecule has 0 saturated heterocycles. The van der Waals surface area contributed by atoms with E-state index in [0.29, 0.717) is 30.4 Å². The number of hydrogen-bond donors (Lipinski definition) is 3. The lowest BCUT2D eigenvalue weighted by Gasteiger charge is -2.34. The van der Waals surface area contributed by atoms with Crippen molar-refractivity contribution in [2.75, 3.05) is 30.7 Å². The van der Waals surface area contributed by atoms with E-state index >= 15 is 0 Å². The lowest BCUT2D eigenvalue weighted by Crippen LogP contribution is -2.40. The number of hydrogen-bond acceptors (Lipinski definition) is 5. The molecule has 0 amide bonds. The van der Waals surface area contributed by atoms with Crippen LogP contribution in [0.1, 0.15) is 32.4 Å². The van der Waals surface area contributed by atoms with Crippen LogP contribution in [0.2, 0.25) is 23.2 Å². The fraction of sp³-hybridized carbons (Fsp3) is 0.379. The summed E-state index contributed by atoms with van der Waals surface area (Å²) in [7, 11) is -5.41. The number of aromatic nitrogens is 1. The highest BCUT2D eigenvalue weighted by Crippen LogP contribution is 2.33. The molecule has 4 aromatic rings. The van der Waals surface area contributed by atoms with Crippen LogP contribution in [0.5, 0.6) is 5.75 Å². The Morgan fingerprint density at radius 2 is 1.67 bits per heavy atom. The van der Waals surface area contributed by atoms with E-state index in [1.54, 1.807) is 12.1 Å². The minimum absolute atomic E-state index is 0.239. The van der Waals surface area contributed by atoms with E-state index in [2.05, 4.69) is 54.0 Å². The SMILES string of the molecule is CC[Si](CC)(CC)OC(CNCCOc1ccc2c(c1)[nH]c1ccccc12)c1ccc(Cl)c(NS(C)(=O)=O)c1. The van der Waals surface area contributed by atoms with Crippen LogP contribution in [0.25, 0.3) is 21.8 Å². The number of benzene rings is 3. The van der Waals surface area contributed by atoms with Crippen molar-refractivity contribution in [2.24, 2.45) is 0 Å². The van der Waals surface area contributed by atoms with Crippen LogP contribution >= 0.6 is 11.6 Å². The van der Waals surface area contributed by atoms with Crippen molar-refractivity contribution in [3.8, 4) is 5.75 Å². The van der Waals surface area contributed by atoms with Crippen molar-refractivity contribution >= 4 is 57.4 Å². The molecule has 1 unspecified atom stereocenters. The third kappa shape index (κ3) is 7.35. The number of halogens is 1. The number of sulfonamides is 1. The second kappa shape index (κ2) is 12.7. The molecular weight excluding hydrogens is 550 g/mol. The van der Waals surface area contributed by atoms with Gasteiger partial charge in [0, 0.05) is 35.4 Å². The summed E-state index contributed by atoms with van der Waals surface area (Å²) in [6.07, 6.45) is 0.876. The van der Waals surface area contributed by atoms with Gasteiger partial charge in [0.2, 0.25) is 10.0 Å². The van der Waals surface area contributed by atoms with Crippen LogP contribution in [0.3, 0.4) is 0 Å². The number of H-pyrrole nitrogens is 1. The average Bonchev–Trinajstić information content (AvgIpc) is 3.29. The molecule has 0 fully saturated rings. The van der Waals surface area contributed by atoms with Gasteiger partial charge in [-0.2, -0.15) is 0 Å². The maximum atomic E-state index is 11.9. The minimum Gasteiger partial charge on any atom is -0.492 e. The predicted molar refractivity (Wildman–Crippen MR) is 165 cm³/mol. The summed E-state index contributed by atoms with van der Waals surface area (Å²) in [5.74, 6) is 0.812. The van der Waals surface area contributed by atoms with Gasteiger partial charge >= 0.3 is 0 Å². The Labute approximate surface area is 237 Å². The predicted octanol–water partition coefficient (Wildman–Crippen LogP) is 7.08. The van der Waals surface area contributed by atoms with E-state index in [1.807, 2.05) is 30.3 Å². The molecule has 3 N–H and O–H groups in total. The standard InChI is InChI=1S/C29H38ClN3O4SSi/c1-5-39(6-2,7-3)37-29(21-12-15-25(30)28(18-21)33-38(4,34)35)20-31-16-17-36-22-13-14-24-23-10-8-9-11-26(23)32-27(24)19-22/h8-15,18-19,29,31-33H,5-7,16-17,20H2,1-4H3. The van der Waals surface area contributed by atoms with Gasteiger partial charge in [-0.25, -0.2) is 8.42 Å². The summed E-state index contributed by atoms with van der Waals surface area (Å²) in [4.78, 5) is 3.45. The van der Waals surface area contributed by atoms with Crippen LogP contribution in [0.15, 0.2) is 60.7 Å². The van der Waals surface area contributed by atoms with Gasteiger partial charge in [0.1, 0.15) is 12.4 Å². The Balaban J connectivity index is 1.43. The molecule has 10 heteroatoms. The molecule has 0 bridgehead atoms. The Hall–Kier alpha value is -2.56. The molecule has 39 heavy (non-hydrogen) atoms. The second-order valence-electron chi connectivity index (χ2n) is 9.89. The molecule has 0 saturated carbocycles. The zero-order valence-electron chi connectivity index (χ0n) is 23.0. The van der Waals surface area contributed by atoms with Gasteiger partial charge < -0.3 is 19.5 Å². The lowest BCUT2D eigenvalue weighted by molar-refractivity contribution is 0.183. The molecule has 1 aromatic heterocycles. The first-order valence-corrected chi connectivity index (χ1v) is 18.3. The monoisotopic (exact) mass is 587 g/mol. The van der Waals surface area contributed by atoms with Crippen LogP contribution in [-0.4, -0.2) is 47.7 Å². The summed E-state index contributed by atoms with van der Waals surface area (Å²) in [5.41, 5.74) is 3.41. The van der Waals surface area contributed by atoms with Crippen molar-refractivity contribution in [1.82, 2.24) is 10.3 Å². The summed E-state index contributed by atoms with van der Waals surface area (Å²) in [6, 6.07) is 22.8. The van der Waals surface area contributed by atoms with Gasteiger partial charge in [-0.15, -0.1) is 0 Å². The van der Waals surface area contributed by atoms with E-state index in [4.69, 9.17) is 20.8 Å². The fourth-order valence-electron chi connectivity index (χ4n) is 4.95. The van der Waals surface area contributed by atoms with Gasteiger partial charge in [-0.1, -0.05) is 56.6 Å². The quantitative estimate of drug-likeness (QED) is 0.108. The van der Waals surface area contributed by atoms with E-state index in [1.165, 1.54) is 10.8 Å². The van der Waals surface area contributed by atoms with Crippen molar-refractivity contribution in [3.63, 3.8) is 0 Å². The number of para-hydroxylation sites is 1. The molecule has 0 spiro atoms. The molecule has 0 radical (unpaired) electrons. The average molecular weight is 588 g/mol. The maximum absolute atomic E-state index is 11.9. The maximum Gasteiger partial charge on any atom is 0.229 e. The number of nitrogens with one attached hydrogen (secondary N) is 3. The van der Waals surface area contributed by atoms with Gasteiger partial charge in [0.15, 0.2) is 8.32 Å². The van der Waals surface area contributed by atoms with Crippen molar-refractivity contribution in [3.05, 3.63) is 71.2 Å². The summed E-state index contributed by atoms with van der Waals surface area (Å²) >= 11 is 6.29. The van der Waals surface area contributed by atoms with Crippen LogP contribution in [0, 0.1) is 0 Å². The molecule has 0 aliphatic rings. The second-order valence-corrected chi connectivity index (χ2v) is 16.8. The Kier molecular flexibility index (Phi) is 9.61. The van der Waals surface area contributed by atoms with Crippen LogP contribution in [0.4, 0.5) is 5.69 Å². The van der Waals surface area contributed by atoms with Gasteiger partial charge in [-0.05, 0) is 54.0 Å². The molecule has 0 aliphatic carbocycles. The van der Waals surface area contributed by atoms with E-state index < -0.39 is 18.3 Å². The largest absolute Gasteiger partial charge is 0.492 e. The van der Waals surface area contributed by atoms with Crippen LogP contribution < -0.4 is 14.8 Å². The molecule has 210 valence electrons. The molecule has 4 rings (SSSR count). The number of anilines is 1. The van der Waals surface area contributed by atoms with E-state index in [9.17, 15) is 8.42 Å². The first-order valence-electron chi connectivity index (χ1n) is 13.5. The summed E-state index contributed by atoms with van der Waals surface area (Å²) < 4.78 is 39.1. The van der Waals surface area contributed by atoms with Gasteiger partial charge in [-0.3, -0.25) is 4.72 Å². The molecule has 1 atom stereocenters. The highest BCUT2D eigenvalue weighted by molar-refractivity contribution is 7.92. The summed E-state index contributed by atoms with van der Waals surface area (Å²) in [5, 5.41) is 6.21. The van der Waals surface area contributed by atoms with E-state index in [0.717, 1.165) is 46.7 Å². The lowest BCUT2D eigenvalue weighted by atomic mass is 10.1. The molecule has 3 aromatic carbocycles. The van der Waals surface area contributed by atoms with Crippen molar-refractivity contribution in [2.45, 2.75) is 45.0 Å². The first-order chi connectivity index (χ1) is 18.7. The molecule has 1 heterocycles.